The highest BCUT2D eigenvalue weighted by Gasteiger charge is 2.13. The van der Waals surface area contributed by atoms with Gasteiger partial charge in [-0.1, -0.05) is 35.0 Å². The van der Waals surface area contributed by atoms with Crippen LogP contribution in [-0.2, 0) is 4.79 Å². The minimum atomic E-state index is -0.299. The van der Waals surface area contributed by atoms with E-state index < -0.39 is 0 Å². The van der Waals surface area contributed by atoms with Crippen LogP contribution in [0.2, 0.25) is 5.02 Å². The number of halogens is 1. The number of nitrogens with one attached hydrogen (secondary N) is 1. The molecule has 4 rings (SSSR count). The summed E-state index contributed by atoms with van der Waals surface area (Å²) in [5.74, 6) is 1.37. The van der Waals surface area contributed by atoms with Gasteiger partial charge < -0.3 is 19.0 Å². The second-order valence-electron chi connectivity index (χ2n) is 5.78. The Balaban J connectivity index is 1.41. The number of nitrogens with zero attached hydrogens (tertiary/aromatic N) is 2. The molecule has 0 saturated carbocycles. The molecule has 0 spiro atoms. The van der Waals surface area contributed by atoms with E-state index in [1.807, 2.05) is 6.07 Å². The van der Waals surface area contributed by atoms with Crippen molar-refractivity contribution < 1.29 is 18.5 Å². The van der Waals surface area contributed by atoms with Crippen molar-refractivity contribution in [1.29, 1.82) is 0 Å². The Bertz CT molecular complexity index is 1090. The van der Waals surface area contributed by atoms with Gasteiger partial charge in [0.1, 0.15) is 5.75 Å². The first-order valence-electron chi connectivity index (χ1n) is 8.33. The molecule has 0 fully saturated rings. The Kier molecular flexibility index (Phi) is 5.07. The van der Waals surface area contributed by atoms with Crippen LogP contribution in [0.1, 0.15) is 0 Å². The number of carbonyl (C=O) groups is 1. The van der Waals surface area contributed by atoms with Gasteiger partial charge in [0, 0.05) is 16.3 Å². The number of hydrogen-bond donors (Lipinski definition) is 1. The van der Waals surface area contributed by atoms with Crippen LogP contribution in [0, 0.1) is 0 Å². The second-order valence-corrected chi connectivity index (χ2v) is 6.21. The minimum absolute atomic E-state index is 0.153. The number of hydrogen-bond acceptors (Lipinski definition) is 6. The summed E-state index contributed by atoms with van der Waals surface area (Å²) >= 11 is 5.90. The monoisotopic (exact) mass is 395 g/mol. The van der Waals surface area contributed by atoms with Crippen LogP contribution in [0.25, 0.3) is 23.0 Å². The number of furan rings is 1. The van der Waals surface area contributed by atoms with E-state index in [0.717, 1.165) is 0 Å². The van der Waals surface area contributed by atoms with E-state index in [4.69, 9.17) is 25.3 Å². The summed E-state index contributed by atoms with van der Waals surface area (Å²) in [6, 6.07) is 17.4. The molecule has 2 aromatic heterocycles. The van der Waals surface area contributed by atoms with Gasteiger partial charge in [0.05, 0.1) is 6.26 Å². The van der Waals surface area contributed by atoms with Gasteiger partial charge >= 0.3 is 0 Å². The van der Waals surface area contributed by atoms with E-state index in [0.29, 0.717) is 33.6 Å². The number of anilines is 1. The molecule has 7 nitrogen and oxygen atoms in total. The molecule has 0 aliphatic carbocycles. The third kappa shape index (κ3) is 4.21. The highest BCUT2D eigenvalue weighted by Crippen LogP contribution is 2.25. The molecule has 0 aliphatic rings. The number of carbonyl (C=O) groups excluding carboxylic acids is 1. The predicted octanol–water partition coefficient (Wildman–Crippen LogP) is 4.67. The predicted molar refractivity (Wildman–Crippen MR) is 103 cm³/mol. The van der Waals surface area contributed by atoms with E-state index in [1.54, 1.807) is 54.6 Å². The normalized spacial score (nSPS) is 10.6. The average molecular weight is 396 g/mol. The first-order valence-corrected chi connectivity index (χ1v) is 8.71. The van der Waals surface area contributed by atoms with E-state index in [-0.39, 0.29) is 18.4 Å². The highest BCUT2D eigenvalue weighted by atomic mass is 35.5. The molecule has 4 aromatic rings. The Hall–Kier alpha value is -3.58. The van der Waals surface area contributed by atoms with Crippen LogP contribution in [0.15, 0.2) is 75.9 Å². The molecular weight excluding hydrogens is 382 g/mol. The summed E-state index contributed by atoms with van der Waals surface area (Å²) in [4.78, 5) is 16.4. The fraction of sp³-hybridized carbons (Fsp3) is 0.0500. The summed E-state index contributed by atoms with van der Waals surface area (Å²) in [5, 5.41) is 7.21. The lowest BCUT2D eigenvalue weighted by Gasteiger charge is -2.08. The molecular formula is C20H14ClN3O4. The fourth-order valence-corrected chi connectivity index (χ4v) is 2.67. The van der Waals surface area contributed by atoms with Crippen LogP contribution in [0.3, 0.4) is 0 Å². The van der Waals surface area contributed by atoms with E-state index in [2.05, 4.69) is 15.5 Å². The molecule has 1 amide bonds. The topological polar surface area (TPSA) is 90.4 Å². The summed E-state index contributed by atoms with van der Waals surface area (Å²) in [6.07, 6.45) is 1.53. The molecule has 2 aromatic carbocycles. The summed E-state index contributed by atoms with van der Waals surface area (Å²) < 4.78 is 16.0. The van der Waals surface area contributed by atoms with Crippen LogP contribution >= 0.6 is 11.6 Å². The van der Waals surface area contributed by atoms with Gasteiger partial charge in [-0.25, -0.2) is 0 Å². The van der Waals surface area contributed by atoms with Crippen molar-refractivity contribution >= 4 is 23.2 Å². The molecule has 140 valence electrons. The summed E-state index contributed by atoms with van der Waals surface area (Å²) in [6.45, 7) is -0.153. The van der Waals surface area contributed by atoms with Gasteiger partial charge in [-0.15, -0.1) is 0 Å². The smallest absolute Gasteiger partial charge is 0.293 e. The maximum atomic E-state index is 12.1. The van der Waals surface area contributed by atoms with Crippen molar-refractivity contribution in [2.45, 2.75) is 0 Å². The van der Waals surface area contributed by atoms with Crippen molar-refractivity contribution in [3.8, 4) is 28.8 Å². The van der Waals surface area contributed by atoms with Crippen molar-refractivity contribution in [3.05, 3.63) is 71.9 Å². The number of ether oxygens (including phenoxy) is 1. The molecule has 28 heavy (non-hydrogen) atoms. The Morgan fingerprint density at radius 1 is 1.11 bits per heavy atom. The molecule has 0 atom stereocenters. The Morgan fingerprint density at radius 3 is 2.82 bits per heavy atom. The number of amides is 1. The quantitative estimate of drug-likeness (QED) is 0.510. The van der Waals surface area contributed by atoms with Gasteiger partial charge in [0.15, 0.2) is 12.4 Å². The Morgan fingerprint density at radius 2 is 2.00 bits per heavy atom. The van der Waals surface area contributed by atoms with Crippen molar-refractivity contribution in [2.75, 3.05) is 11.9 Å². The molecule has 2 heterocycles. The molecule has 0 saturated heterocycles. The van der Waals surface area contributed by atoms with Crippen LogP contribution in [0.5, 0.6) is 5.75 Å². The third-order valence-corrected chi connectivity index (χ3v) is 3.96. The number of aromatic nitrogens is 2. The first-order chi connectivity index (χ1) is 13.7. The SMILES string of the molecule is O=C(COc1cccc(-c2noc(-c3ccco3)n2)c1)Nc1cccc(Cl)c1. The van der Waals surface area contributed by atoms with E-state index in [1.165, 1.54) is 6.26 Å². The number of rotatable bonds is 6. The molecule has 0 bridgehead atoms. The van der Waals surface area contributed by atoms with Crippen molar-refractivity contribution in [3.63, 3.8) is 0 Å². The van der Waals surface area contributed by atoms with Gasteiger partial charge in [-0.05, 0) is 42.5 Å². The van der Waals surface area contributed by atoms with E-state index in [9.17, 15) is 4.79 Å². The average Bonchev–Trinajstić information content (AvgIpc) is 3.38. The van der Waals surface area contributed by atoms with Crippen LogP contribution < -0.4 is 10.1 Å². The lowest BCUT2D eigenvalue weighted by molar-refractivity contribution is -0.118. The molecule has 1 N–H and O–H groups in total. The van der Waals surface area contributed by atoms with E-state index >= 15 is 0 Å². The fourth-order valence-electron chi connectivity index (χ4n) is 2.48. The lowest BCUT2D eigenvalue weighted by Crippen LogP contribution is -2.20. The maximum Gasteiger partial charge on any atom is 0.293 e. The molecule has 0 unspecified atom stereocenters. The maximum absolute atomic E-state index is 12.1. The van der Waals surface area contributed by atoms with Crippen LogP contribution in [-0.4, -0.2) is 22.7 Å². The van der Waals surface area contributed by atoms with Gasteiger partial charge in [0.25, 0.3) is 11.8 Å². The van der Waals surface area contributed by atoms with Gasteiger partial charge in [-0.3, -0.25) is 4.79 Å². The summed E-state index contributed by atoms with van der Waals surface area (Å²) in [7, 11) is 0. The zero-order valence-corrected chi connectivity index (χ0v) is 15.2. The standard InChI is InChI=1S/C20H14ClN3O4/c21-14-5-2-6-15(11-14)22-18(25)12-27-16-7-1-4-13(10-16)19-23-20(28-24-19)17-8-3-9-26-17/h1-11H,12H2,(H,22,25). The van der Waals surface area contributed by atoms with Gasteiger partial charge in [0.2, 0.25) is 5.82 Å². The third-order valence-electron chi connectivity index (χ3n) is 3.73. The van der Waals surface area contributed by atoms with Crippen LogP contribution in [0.4, 0.5) is 5.69 Å². The van der Waals surface area contributed by atoms with Crippen molar-refractivity contribution in [1.82, 2.24) is 10.1 Å². The second kappa shape index (κ2) is 7.98. The largest absolute Gasteiger partial charge is 0.484 e. The zero-order chi connectivity index (χ0) is 19.3. The lowest BCUT2D eigenvalue weighted by atomic mass is 10.2. The zero-order valence-electron chi connectivity index (χ0n) is 14.5. The molecule has 0 radical (unpaired) electrons. The summed E-state index contributed by atoms with van der Waals surface area (Å²) in [5.41, 5.74) is 1.29. The Labute approximate surface area is 164 Å². The van der Waals surface area contributed by atoms with Crippen molar-refractivity contribution in [2.24, 2.45) is 0 Å². The first kappa shape index (κ1) is 17.8. The van der Waals surface area contributed by atoms with Gasteiger partial charge in [-0.2, -0.15) is 4.98 Å². The molecule has 0 aliphatic heterocycles. The number of benzene rings is 2. The molecule has 8 heteroatoms. The highest BCUT2D eigenvalue weighted by molar-refractivity contribution is 6.30. The minimum Gasteiger partial charge on any atom is -0.484 e.